The average molecular weight is 418 g/mol. The Balaban J connectivity index is 1.68. The number of carbonyl (C=O) groups excluding carboxylic acids is 2. The summed E-state index contributed by atoms with van der Waals surface area (Å²) in [7, 11) is 0. The van der Waals surface area contributed by atoms with Gasteiger partial charge in [0.1, 0.15) is 11.3 Å². The Morgan fingerprint density at radius 1 is 1.17 bits per heavy atom. The van der Waals surface area contributed by atoms with Crippen LogP contribution in [0.3, 0.4) is 0 Å². The zero-order valence-electron chi connectivity index (χ0n) is 17.1. The Kier molecular flexibility index (Phi) is 5.17. The number of aryl methyl sites for hydroxylation is 2. The van der Waals surface area contributed by atoms with E-state index in [-0.39, 0.29) is 11.7 Å². The summed E-state index contributed by atoms with van der Waals surface area (Å²) in [4.78, 5) is 31.9. The normalized spacial score (nSPS) is 17.2. The van der Waals surface area contributed by atoms with E-state index in [1.165, 1.54) is 0 Å². The number of anilines is 2. The van der Waals surface area contributed by atoms with Crippen LogP contribution in [-0.2, 0) is 16.0 Å². The van der Waals surface area contributed by atoms with Gasteiger partial charge in [0, 0.05) is 17.8 Å². The summed E-state index contributed by atoms with van der Waals surface area (Å²) in [5.74, 6) is 0.184. The maximum absolute atomic E-state index is 13.5. The van der Waals surface area contributed by atoms with E-state index in [2.05, 4.69) is 4.85 Å². The standard InChI is InChI=1S/C24H23N3O2S/c1-16-15-20(11-12-21(16)25-3)26-22(29)24(13-4-14-24)27(23(26)30)19-9-7-18(8-10-19)6-5-17(2)28/h7-12,15H,4-6,13-14H2,1-2H3. The molecule has 1 heterocycles. The van der Waals surface area contributed by atoms with Crippen molar-refractivity contribution in [3.63, 3.8) is 0 Å². The highest BCUT2D eigenvalue weighted by Crippen LogP contribution is 2.48. The molecule has 0 radical (unpaired) electrons. The van der Waals surface area contributed by atoms with Crippen molar-refractivity contribution in [2.24, 2.45) is 0 Å². The molecule has 0 N–H and O–H groups in total. The third-order valence-corrected chi connectivity index (χ3v) is 6.48. The van der Waals surface area contributed by atoms with E-state index < -0.39 is 5.54 Å². The van der Waals surface area contributed by atoms with Crippen LogP contribution in [0, 0.1) is 13.5 Å². The van der Waals surface area contributed by atoms with E-state index >= 15 is 0 Å². The summed E-state index contributed by atoms with van der Waals surface area (Å²) in [5, 5.41) is 0.478. The largest absolute Gasteiger partial charge is 0.303 e. The lowest BCUT2D eigenvalue weighted by atomic mass is 9.75. The number of carbonyl (C=O) groups is 2. The second-order valence-corrected chi connectivity index (χ2v) is 8.46. The highest BCUT2D eigenvalue weighted by molar-refractivity contribution is 7.81. The molecule has 1 aliphatic carbocycles. The Hall–Kier alpha value is -3.04. The van der Waals surface area contributed by atoms with Crippen LogP contribution < -0.4 is 9.80 Å². The van der Waals surface area contributed by atoms with Crippen molar-refractivity contribution in [1.29, 1.82) is 0 Å². The van der Waals surface area contributed by atoms with E-state index in [0.717, 1.165) is 36.1 Å². The number of ketones is 1. The zero-order chi connectivity index (χ0) is 21.5. The van der Waals surface area contributed by atoms with E-state index in [4.69, 9.17) is 18.8 Å². The molecule has 6 heteroatoms. The van der Waals surface area contributed by atoms with Crippen molar-refractivity contribution in [3.8, 4) is 0 Å². The fourth-order valence-electron chi connectivity index (χ4n) is 4.24. The maximum Gasteiger partial charge on any atom is 0.259 e. The van der Waals surface area contributed by atoms with Crippen LogP contribution in [-0.4, -0.2) is 22.3 Å². The van der Waals surface area contributed by atoms with Gasteiger partial charge in [-0.25, -0.2) is 4.85 Å². The quantitative estimate of drug-likeness (QED) is 0.500. The highest BCUT2D eigenvalue weighted by atomic mass is 32.1. The lowest BCUT2D eigenvalue weighted by molar-refractivity contribution is -0.124. The zero-order valence-corrected chi connectivity index (χ0v) is 18.0. The summed E-state index contributed by atoms with van der Waals surface area (Å²) >= 11 is 5.80. The summed E-state index contributed by atoms with van der Waals surface area (Å²) < 4.78 is 0. The smallest absolute Gasteiger partial charge is 0.259 e. The van der Waals surface area contributed by atoms with Crippen molar-refractivity contribution >= 4 is 46.1 Å². The first-order valence-corrected chi connectivity index (χ1v) is 10.5. The van der Waals surface area contributed by atoms with Crippen molar-refractivity contribution in [1.82, 2.24) is 0 Å². The highest BCUT2D eigenvalue weighted by Gasteiger charge is 2.59. The van der Waals surface area contributed by atoms with Crippen molar-refractivity contribution < 1.29 is 9.59 Å². The average Bonchev–Trinajstić information content (AvgIpc) is 2.93. The minimum absolute atomic E-state index is 0.00867. The van der Waals surface area contributed by atoms with Crippen LogP contribution >= 0.6 is 12.2 Å². The third-order valence-electron chi connectivity index (χ3n) is 6.11. The Labute approximate surface area is 182 Å². The van der Waals surface area contributed by atoms with Gasteiger partial charge in [0.25, 0.3) is 5.91 Å². The van der Waals surface area contributed by atoms with Crippen molar-refractivity contribution in [3.05, 3.63) is 65.0 Å². The molecule has 2 aromatic carbocycles. The van der Waals surface area contributed by atoms with Gasteiger partial charge in [0.2, 0.25) is 0 Å². The molecule has 2 aromatic rings. The minimum Gasteiger partial charge on any atom is -0.303 e. The summed E-state index contributed by atoms with van der Waals surface area (Å²) in [5.41, 5.74) is 3.49. The van der Waals surface area contributed by atoms with Gasteiger partial charge in [-0.2, -0.15) is 0 Å². The van der Waals surface area contributed by atoms with Gasteiger partial charge in [-0.15, -0.1) is 0 Å². The Morgan fingerprint density at radius 3 is 2.37 bits per heavy atom. The third kappa shape index (κ3) is 3.20. The van der Waals surface area contributed by atoms with Gasteiger partial charge >= 0.3 is 0 Å². The molecule has 1 saturated carbocycles. The number of amides is 1. The van der Waals surface area contributed by atoms with E-state index in [9.17, 15) is 9.59 Å². The van der Waals surface area contributed by atoms with Gasteiger partial charge in [-0.1, -0.05) is 18.2 Å². The fraction of sp³-hybridized carbons (Fsp3) is 0.333. The molecule has 2 fully saturated rings. The minimum atomic E-state index is -0.621. The monoisotopic (exact) mass is 417 g/mol. The van der Waals surface area contributed by atoms with Crippen LogP contribution in [0.2, 0.25) is 0 Å². The summed E-state index contributed by atoms with van der Waals surface area (Å²) in [6.45, 7) is 10.7. The predicted molar refractivity (Wildman–Crippen MR) is 122 cm³/mol. The lowest BCUT2D eigenvalue weighted by Gasteiger charge is -2.43. The molecule has 4 rings (SSSR count). The molecule has 1 amide bonds. The topological polar surface area (TPSA) is 45.0 Å². The molecule has 0 bridgehead atoms. The van der Waals surface area contributed by atoms with Crippen LogP contribution in [0.1, 0.15) is 43.7 Å². The van der Waals surface area contributed by atoms with Crippen LogP contribution in [0.15, 0.2) is 42.5 Å². The molecule has 5 nitrogen and oxygen atoms in total. The molecule has 152 valence electrons. The molecule has 1 aliphatic heterocycles. The van der Waals surface area contributed by atoms with Gasteiger partial charge < -0.3 is 9.69 Å². The number of thiocarbonyl (C=S) groups is 1. The second kappa shape index (κ2) is 7.66. The Morgan fingerprint density at radius 2 is 1.83 bits per heavy atom. The molecule has 1 saturated heterocycles. The van der Waals surface area contributed by atoms with E-state index in [1.807, 2.05) is 42.2 Å². The van der Waals surface area contributed by atoms with Crippen molar-refractivity contribution in [2.45, 2.75) is 51.5 Å². The second-order valence-electron chi connectivity index (χ2n) is 8.09. The van der Waals surface area contributed by atoms with Gasteiger partial charge in [0.15, 0.2) is 10.8 Å². The predicted octanol–water partition coefficient (Wildman–Crippen LogP) is 5.13. The number of benzene rings is 2. The van der Waals surface area contributed by atoms with Gasteiger partial charge in [-0.05, 0) is 87.1 Å². The molecule has 30 heavy (non-hydrogen) atoms. The number of nitrogens with zero attached hydrogens (tertiary/aromatic N) is 3. The molecule has 2 aliphatic rings. The Bertz CT molecular complexity index is 1080. The SMILES string of the molecule is [C-]#[N+]c1ccc(N2C(=O)C3(CCC3)N(c3ccc(CCC(C)=O)cc3)C2=S)cc1C. The first-order chi connectivity index (χ1) is 14.4. The first kappa shape index (κ1) is 20.2. The number of Topliss-reactive ketones (excluding diaryl/α,β-unsaturated/α-hetero) is 1. The first-order valence-electron chi connectivity index (χ1n) is 10.1. The van der Waals surface area contributed by atoms with Crippen LogP contribution in [0.25, 0.3) is 4.85 Å². The number of hydrogen-bond donors (Lipinski definition) is 0. The summed E-state index contributed by atoms with van der Waals surface area (Å²) in [6, 6.07) is 13.4. The molecule has 0 atom stereocenters. The molecule has 1 spiro atoms. The molecule has 0 unspecified atom stereocenters. The number of hydrogen-bond acceptors (Lipinski definition) is 3. The van der Waals surface area contributed by atoms with Crippen LogP contribution in [0.5, 0.6) is 0 Å². The maximum atomic E-state index is 13.5. The van der Waals surface area contributed by atoms with Crippen LogP contribution in [0.4, 0.5) is 17.1 Å². The lowest BCUT2D eigenvalue weighted by Crippen LogP contribution is -2.55. The van der Waals surface area contributed by atoms with Crippen molar-refractivity contribution in [2.75, 3.05) is 9.80 Å². The molecular formula is C24H23N3O2S. The fourth-order valence-corrected chi connectivity index (χ4v) is 4.71. The number of rotatable bonds is 5. The van der Waals surface area contributed by atoms with E-state index in [0.29, 0.717) is 29.3 Å². The van der Waals surface area contributed by atoms with Gasteiger partial charge in [0.05, 0.1) is 6.57 Å². The van der Waals surface area contributed by atoms with Gasteiger partial charge in [-0.3, -0.25) is 9.69 Å². The molecule has 0 aromatic heterocycles. The summed E-state index contributed by atoms with van der Waals surface area (Å²) in [6.07, 6.45) is 3.77. The molecular weight excluding hydrogens is 394 g/mol. The van der Waals surface area contributed by atoms with E-state index in [1.54, 1.807) is 24.0 Å².